The average Bonchev–Trinajstić information content (AvgIpc) is 1.61. The summed E-state index contributed by atoms with van der Waals surface area (Å²) in [6.07, 6.45) is 1.71. The summed E-state index contributed by atoms with van der Waals surface area (Å²) in [6, 6.07) is 0.564. The molecule has 54 valence electrons. The Morgan fingerprint density at radius 1 is 1.67 bits per heavy atom. The first-order chi connectivity index (χ1) is 4.24. The summed E-state index contributed by atoms with van der Waals surface area (Å²) in [7, 11) is 1.93. The zero-order valence-corrected chi connectivity index (χ0v) is 6.57. The second-order valence-corrected chi connectivity index (χ2v) is 3.62. The fourth-order valence-corrected chi connectivity index (χ4v) is 1.61. The molecular formula is C5H12N2OS. The van der Waals surface area contributed by atoms with E-state index in [0.717, 1.165) is 13.1 Å². The Morgan fingerprint density at radius 2 is 2.22 bits per heavy atom. The van der Waals surface area contributed by atoms with Gasteiger partial charge in [0.15, 0.2) is 0 Å². The summed E-state index contributed by atoms with van der Waals surface area (Å²) in [5.41, 5.74) is 0. The molecule has 1 fully saturated rings. The van der Waals surface area contributed by atoms with Gasteiger partial charge in [-0.05, 0) is 7.05 Å². The Kier molecular flexibility index (Phi) is 2.35. The quantitative estimate of drug-likeness (QED) is 0.520. The molecule has 0 aromatic heterocycles. The molecule has 1 aliphatic rings. The molecule has 0 bridgehead atoms. The summed E-state index contributed by atoms with van der Waals surface area (Å²) < 4.78 is 12.6. The van der Waals surface area contributed by atoms with Gasteiger partial charge in [0.2, 0.25) is 0 Å². The van der Waals surface area contributed by atoms with Crippen LogP contribution in [0.1, 0.15) is 0 Å². The van der Waals surface area contributed by atoms with Crippen LogP contribution in [-0.2, 0) is 11.4 Å². The van der Waals surface area contributed by atoms with Crippen LogP contribution in [0.15, 0.2) is 0 Å². The van der Waals surface area contributed by atoms with E-state index in [9.17, 15) is 4.55 Å². The summed E-state index contributed by atoms with van der Waals surface area (Å²) in [4.78, 5) is 0. The zero-order chi connectivity index (χ0) is 6.85. The molecule has 1 unspecified atom stereocenters. The summed E-state index contributed by atoms with van der Waals surface area (Å²) >= 11 is -0.753. The van der Waals surface area contributed by atoms with Crippen LogP contribution in [0.5, 0.6) is 0 Å². The number of nitrogens with one attached hydrogen (secondary N) is 1. The largest absolute Gasteiger partial charge is 0.598 e. The minimum atomic E-state index is -0.753. The lowest BCUT2D eigenvalue weighted by atomic mass is 10.2. The smallest absolute Gasteiger partial charge is 0.115 e. The lowest BCUT2D eigenvalue weighted by Gasteiger charge is -2.36. The van der Waals surface area contributed by atoms with Crippen LogP contribution >= 0.6 is 0 Å². The van der Waals surface area contributed by atoms with Gasteiger partial charge in [-0.2, -0.15) is 0 Å². The topological polar surface area (TPSA) is 38.3 Å². The van der Waals surface area contributed by atoms with Crippen LogP contribution < -0.4 is 5.32 Å². The van der Waals surface area contributed by atoms with E-state index in [2.05, 4.69) is 5.32 Å². The minimum Gasteiger partial charge on any atom is -0.598 e. The molecule has 0 aliphatic carbocycles. The van der Waals surface area contributed by atoms with Crippen molar-refractivity contribution >= 4 is 11.4 Å². The van der Waals surface area contributed by atoms with E-state index in [1.807, 2.05) is 11.4 Å². The van der Waals surface area contributed by atoms with Crippen LogP contribution in [0.2, 0.25) is 0 Å². The second kappa shape index (κ2) is 2.88. The van der Waals surface area contributed by atoms with Crippen molar-refractivity contribution in [3.05, 3.63) is 0 Å². The van der Waals surface area contributed by atoms with Crippen molar-refractivity contribution in [3.63, 3.8) is 0 Å². The van der Waals surface area contributed by atoms with Crippen molar-refractivity contribution in [3.8, 4) is 0 Å². The summed E-state index contributed by atoms with van der Waals surface area (Å²) in [5, 5.41) is 3.11. The van der Waals surface area contributed by atoms with Crippen molar-refractivity contribution in [2.45, 2.75) is 6.04 Å². The first-order valence-electron chi connectivity index (χ1n) is 3.00. The number of nitrogens with zero attached hydrogens (tertiary/aromatic N) is 1. The number of rotatable bonds is 2. The molecule has 1 aliphatic heterocycles. The molecule has 4 heteroatoms. The van der Waals surface area contributed by atoms with Gasteiger partial charge in [-0.15, -0.1) is 4.31 Å². The third-order valence-corrected chi connectivity index (χ3v) is 2.65. The predicted molar refractivity (Wildman–Crippen MR) is 38.5 cm³/mol. The maximum absolute atomic E-state index is 10.7. The fourth-order valence-electron chi connectivity index (χ4n) is 0.831. The van der Waals surface area contributed by atoms with Crippen molar-refractivity contribution in [2.75, 3.05) is 26.4 Å². The molecule has 0 aromatic carbocycles. The highest BCUT2D eigenvalue weighted by molar-refractivity contribution is 7.88. The van der Waals surface area contributed by atoms with Crippen molar-refractivity contribution in [1.82, 2.24) is 9.62 Å². The standard InChI is InChI=1S/C5H12N2OS/c1-6-5-3-7(4-5)9(2)8/h5-6H,3-4H2,1-2H3. The van der Waals surface area contributed by atoms with Gasteiger partial charge in [0, 0.05) is 17.4 Å². The monoisotopic (exact) mass is 148 g/mol. The average molecular weight is 148 g/mol. The molecule has 0 aromatic rings. The Bertz CT molecular complexity index is 93.0. The molecule has 1 heterocycles. The maximum atomic E-state index is 10.7. The molecular weight excluding hydrogens is 136 g/mol. The third-order valence-electron chi connectivity index (χ3n) is 1.62. The highest BCUT2D eigenvalue weighted by atomic mass is 32.2. The molecule has 0 amide bonds. The zero-order valence-electron chi connectivity index (χ0n) is 5.76. The Labute approximate surface area is 58.7 Å². The molecule has 0 spiro atoms. The highest BCUT2D eigenvalue weighted by Gasteiger charge is 2.31. The lowest BCUT2D eigenvalue weighted by Crippen LogP contribution is -2.58. The van der Waals surface area contributed by atoms with Crippen LogP contribution in [0.25, 0.3) is 0 Å². The number of hydrogen-bond donors (Lipinski definition) is 1. The van der Waals surface area contributed by atoms with Gasteiger partial charge >= 0.3 is 0 Å². The van der Waals surface area contributed by atoms with E-state index >= 15 is 0 Å². The van der Waals surface area contributed by atoms with Crippen LogP contribution in [0.4, 0.5) is 0 Å². The minimum absolute atomic E-state index is 0.564. The van der Waals surface area contributed by atoms with Gasteiger partial charge in [-0.25, -0.2) is 0 Å². The van der Waals surface area contributed by atoms with E-state index in [-0.39, 0.29) is 0 Å². The van der Waals surface area contributed by atoms with Crippen LogP contribution in [0.3, 0.4) is 0 Å². The molecule has 1 rings (SSSR count). The molecule has 1 saturated heterocycles. The highest BCUT2D eigenvalue weighted by Crippen LogP contribution is 2.10. The van der Waals surface area contributed by atoms with Gasteiger partial charge in [0.05, 0.1) is 13.1 Å². The predicted octanol–water partition coefficient (Wildman–Crippen LogP) is -0.816. The Hall–Kier alpha value is 0.230. The van der Waals surface area contributed by atoms with Crippen molar-refractivity contribution in [2.24, 2.45) is 0 Å². The molecule has 0 radical (unpaired) electrons. The normalized spacial score (nSPS) is 25.7. The van der Waals surface area contributed by atoms with Gasteiger partial charge < -0.3 is 9.87 Å². The third kappa shape index (κ3) is 1.58. The van der Waals surface area contributed by atoms with Gasteiger partial charge in [0.1, 0.15) is 6.26 Å². The Balaban J connectivity index is 2.12. The van der Waals surface area contributed by atoms with Gasteiger partial charge in [-0.3, -0.25) is 0 Å². The second-order valence-electron chi connectivity index (χ2n) is 2.26. The van der Waals surface area contributed by atoms with Gasteiger partial charge in [-0.1, -0.05) is 0 Å². The van der Waals surface area contributed by atoms with Crippen molar-refractivity contribution < 1.29 is 4.55 Å². The van der Waals surface area contributed by atoms with E-state index in [1.54, 1.807) is 6.26 Å². The van der Waals surface area contributed by atoms with Crippen LogP contribution in [-0.4, -0.2) is 41.3 Å². The van der Waals surface area contributed by atoms with Gasteiger partial charge in [0.25, 0.3) is 0 Å². The fraction of sp³-hybridized carbons (Fsp3) is 1.00. The van der Waals surface area contributed by atoms with Crippen LogP contribution in [0, 0.1) is 0 Å². The first-order valence-corrected chi connectivity index (χ1v) is 4.51. The number of hydrogen-bond acceptors (Lipinski definition) is 3. The lowest BCUT2D eigenvalue weighted by molar-refractivity contribution is 0.238. The SMILES string of the molecule is CNC1CN([S+](C)[O-])C1. The maximum Gasteiger partial charge on any atom is 0.115 e. The summed E-state index contributed by atoms with van der Waals surface area (Å²) in [6.45, 7) is 1.86. The molecule has 1 atom stereocenters. The van der Waals surface area contributed by atoms with E-state index < -0.39 is 11.4 Å². The van der Waals surface area contributed by atoms with E-state index in [4.69, 9.17) is 0 Å². The Morgan fingerprint density at radius 3 is 2.56 bits per heavy atom. The molecule has 1 N–H and O–H groups in total. The molecule has 9 heavy (non-hydrogen) atoms. The first kappa shape index (κ1) is 7.34. The summed E-state index contributed by atoms with van der Waals surface area (Å²) in [5.74, 6) is 0. The van der Waals surface area contributed by atoms with Crippen molar-refractivity contribution in [1.29, 1.82) is 0 Å². The van der Waals surface area contributed by atoms with E-state index in [1.165, 1.54) is 0 Å². The van der Waals surface area contributed by atoms with E-state index in [0.29, 0.717) is 6.04 Å². The molecule has 0 saturated carbocycles. The number of likely N-dealkylation sites (N-methyl/N-ethyl adjacent to an activating group) is 1. The molecule has 3 nitrogen and oxygen atoms in total.